The van der Waals surface area contributed by atoms with E-state index in [-0.39, 0.29) is 5.91 Å². The number of benzene rings is 2. The second kappa shape index (κ2) is 6.76. The summed E-state index contributed by atoms with van der Waals surface area (Å²) in [4.78, 5) is 12.2. The van der Waals surface area contributed by atoms with Gasteiger partial charge in [0, 0.05) is 24.2 Å². The summed E-state index contributed by atoms with van der Waals surface area (Å²) in [6.07, 6.45) is 4.08. The van der Waals surface area contributed by atoms with E-state index in [0.29, 0.717) is 12.2 Å². The first-order valence-corrected chi connectivity index (χ1v) is 8.28. The van der Waals surface area contributed by atoms with Gasteiger partial charge in [0.05, 0.1) is 18.1 Å². The quantitative estimate of drug-likeness (QED) is 0.617. The molecule has 4 rings (SSSR count). The van der Waals surface area contributed by atoms with Gasteiger partial charge < -0.3 is 5.32 Å². The molecule has 0 aliphatic carbocycles. The molecule has 0 saturated carbocycles. The Morgan fingerprint density at radius 2 is 1.88 bits per heavy atom. The fourth-order valence-electron chi connectivity index (χ4n) is 2.82. The summed E-state index contributed by atoms with van der Waals surface area (Å²) >= 11 is 0. The largest absolute Gasteiger partial charge is 0.309 e. The van der Waals surface area contributed by atoms with Crippen LogP contribution in [0, 0.1) is 0 Å². The molecule has 0 bridgehead atoms. The summed E-state index contributed by atoms with van der Waals surface area (Å²) in [6.45, 7) is 0. The van der Waals surface area contributed by atoms with E-state index in [2.05, 4.69) is 20.6 Å². The molecule has 6 nitrogen and oxygen atoms in total. The average Bonchev–Trinajstić information content (AvgIpc) is 3.08. The zero-order chi connectivity index (χ0) is 17.9. The number of carbonyl (C=O) groups excluding carboxylic acids is 1. The molecule has 1 amide bonds. The molecule has 128 valence electrons. The molecule has 0 spiro atoms. The first-order chi connectivity index (χ1) is 12.7. The Hall–Kier alpha value is -3.54. The number of amides is 1. The zero-order valence-electron chi connectivity index (χ0n) is 14.3. The molecule has 0 radical (unpaired) electrons. The van der Waals surface area contributed by atoms with Crippen molar-refractivity contribution in [3.05, 3.63) is 72.6 Å². The lowest BCUT2D eigenvalue weighted by Gasteiger charge is -2.06. The lowest BCUT2D eigenvalue weighted by atomic mass is 10.1. The molecule has 0 aliphatic heterocycles. The zero-order valence-corrected chi connectivity index (χ0v) is 14.3. The van der Waals surface area contributed by atoms with Crippen LogP contribution in [0.25, 0.3) is 22.0 Å². The number of nitrogens with zero attached hydrogens (tertiary/aromatic N) is 4. The predicted molar refractivity (Wildman–Crippen MR) is 101 cm³/mol. The number of nitrogens with one attached hydrogen (secondary N) is 1. The van der Waals surface area contributed by atoms with E-state index in [1.54, 1.807) is 4.68 Å². The minimum absolute atomic E-state index is 0.117. The van der Waals surface area contributed by atoms with Crippen LogP contribution in [0.4, 0.5) is 5.82 Å². The fraction of sp³-hybridized carbons (Fsp3) is 0.100. The van der Waals surface area contributed by atoms with Gasteiger partial charge in [-0.25, -0.2) is 0 Å². The van der Waals surface area contributed by atoms with E-state index in [4.69, 9.17) is 0 Å². The van der Waals surface area contributed by atoms with E-state index < -0.39 is 0 Å². The topological polar surface area (TPSA) is 72.7 Å². The number of carbonyl (C=O) groups is 1. The van der Waals surface area contributed by atoms with E-state index in [1.165, 1.54) is 0 Å². The van der Waals surface area contributed by atoms with Crippen molar-refractivity contribution in [3.63, 3.8) is 0 Å². The van der Waals surface area contributed by atoms with Crippen LogP contribution < -0.4 is 5.32 Å². The highest BCUT2D eigenvalue weighted by atomic mass is 16.1. The molecule has 2 heterocycles. The van der Waals surface area contributed by atoms with Crippen LogP contribution in [-0.2, 0) is 18.3 Å². The number of aromatic nitrogens is 4. The van der Waals surface area contributed by atoms with Crippen molar-refractivity contribution < 1.29 is 4.79 Å². The number of aryl methyl sites for hydroxylation is 1. The molecule has 0 fully saturated rings. The third kappa shape index (κ3) is 3.44. The lowest BCUT2D eigenvalue weighted by molar-refractivity contribution is -0.115. The standard InChI is InChI=1S/C20H17N5O/c1-25-13-17(12-21-25)15-7-8-18-16(10-15)11-19(24-23-18)22-20(26)9-14-5-3-2-4-6-14/h2-8,10-13H,9H2,1H3,(H,22,24,26). The summed E-state index contributed by atoms with van der Waals surface area (Å²) in [6, 6.07) is 17.4. The summed E-state index contributed by atoms with van der Waals surface area (Å²) < 4.78 is 1.76. The predicted octanol–water partition coefficient (Wildman–Crippen LogP) is 3.21. The summed E-state index contributed by atoms with van der Waals surface area (Å²) in [5, 5.41) is 16.2. The van der Waals surface area contributed by atoms with Gasteiger partial charge in [0.25, 0.3) is 0 Å². The maximum absolute atomic E-state index is 12.2. The van der Waals surface area contributed by atoms with Crippen molar-refractivity contribution in [1.82, 2.24) is 20.0 Å². The van der Waals surface area contributed by atoms with Gasteiger partial charge in [-0.3, -0.25) is 9.48 Å². The highest BCUT2D eigenvalue weighted by molar-refractivity contribution is 5.93. The van der Waals surface area contributed by atoms with Crippen molar-refractivity contribution in [2.24, 2.45) is 7.05 Å². The van der Waals surface area contributed by atoms with E-state index in [0.717, 1.165) is 27.6 Å². The minimum Gasteiger partial charge on any atom is -0.309 e. The molecule has 2 aromatic heterocycles. The lowest BCUT2D eigenvalue weighted by Crippen LogP contribution is -2.15. The van der Waals surface area contributed by atoms with Gasteiger partial charge in [0.1, 0.15) is 0 Å². The first kappa shape index (κ1) is 16.0. The molecule has 4 aromatic rings. The second-order valence-corrected chi connectivity index (χ2v) is 6.12. The van der Waals surface area contributed by atoms with Gasteiger partial charge in [0.2, 0.25) is 5.91 Å². The Morgan fingerprint density at radius 1 is 1.04 bits per heavy atom. The SMILES string of the molecule is Cn1cc(-c2ccc3nnc(NC(=O)Cc4ccccc4)cc3c2)cn1. The maximum atomic E-state index is 12.2. The molecule has 26 heavy (non-hydrogen) atoms. The van der Waals surface area contributed by atoms with Gasteiger partial charge in [-0.05, 0) is 29.3 Å². The molecule has 0 saturated heterocycles. The number of anilines is 1. The second-order valence-electron chi connectivity index (χ2n) is 6.12. The van der Waals surface area contributed by atoms with Crippen LogP contribution >= 0.6 is 0 Å². The molecular formula is C20H17N5O. The van der Waals surface area contributed by atoms with E-state index in [1.807, 2.05) is 74.0 Å². The number of fused-ring (bicyclic) bond motifs is 1. The molecule has 0 aliphatic rings. The van der Waals surface area contributed by atoms with E-state index >= 15 is 0 Å². The normalized spacial score (nSPS) is 10.8. The Labute approximate surface area is 150 Å². The number of hydrogen-bond donors (Lipinski definition) is 1. The smallest absolute Gasteiger partial charge is 0.229 e. The molecule has 6 heteroatoms. The van der Waals surface area contributed by atoms with Crippen LogP contribution in [0.15, 0.2) is 67.0 Å². The number of rotatable bonds is 4. The van der Waals surface area contributed by atoms with Crippen molar-refractivity contribution in [2.75, 3.05) is 5.32 Å². The highest BCUT2D eigenvalue weighted by Crippen LogP contribution is 2.24. The maximum Gasteiger partial charge on any atom is 0.229 e. The number of hydrogen-bond acceptors (Lipinski definition) is 4. The van der Waals surface area contributed by atoms with Crippen molar-refractivity contribution in [2.45, 2.75) is 6.42 Å². The molecule has 1 N–H and O–H groups in total. The third-order valence-electron chi connectivity index (χ3n) is 4.10. The molecule has 0 atom stereocenters. The van der Waals surface area contributed by atoms with Gasteiger partial charge in [-0.15, -0.1) is 10.2 Å². The van der Waals surface area contributed by atoms with Gasteiger partial charge in [-0.1, -0.05) is 36.4 Å². The average molecular weight is 343 g/mol. The first-order valence-electron chi connectivity index (χ1n) is 8.28. The van der Waals surface area contributed by atoms with Crippen LogP contribution in [0.1, 0.15) is 5.56 Å². The Balaban J connectivity index is 1.57. The van der Waals surface area contributed by atoms with Crippen molar-refractivity contribution in [1.29, 1.82) is 0 Å². The Morgan fingerprint density at radius 3 is 2.65 bits per heavy atom. The van der Waals surface area contributed by atoms with Crippen LogP contribution in [-0.4, -0.2) is 25.9 Å². The Kier molecular flexibility index (Phi) is 4.15. The monoisotopic (exact) mass is 343 g/mol. The highest BCUT2D eigenvalue weighted by Gasteiger charge is 2.08. The third-order valence-corrected chi connectivity index (χ3v) is 4.10. The van der Waals surface area contributed by atoms with Crippen molar-refractivity contribution in [3.8, 4) is 11.1 Å². The van der Waals surface area contributed by atoms with Crippen LogP contribution in [0.3, 0.4) is 0 Å². The van der Waals surface area contributed by atoms with Crippen molar-refractivity contribution >= 4 is 22.6 Å². The summed E-state index contributed by atoms with van der Waals surface area (Å²) in [5.41, 5.74) is 3.80. The van der Waals surface area contributed by atoms with Gasteiger partial charge in [-0.2, -0.15) is 5.10 Å². The Bertz CT molecular complexity index is 1070. The van der Waals surface area contributed by atoms with Crippen LogP contribution in [0.5, 0.6) is 0 Å². The van der Waals surface area contributed by atoms with Gasteiger partial charge >= 0.3 is 0 Å². The molecule has 2 aromatic carbocycles. The molecule has 0 unspecified atom stereocenters. The van der Waals surface area contributed by atoms with Gasteiger partial charge in [0.15, 0.2) is 5.82 Å². The van der Waals surface area contributed by atoms with Crippen LogP contribution in [0.2, 0.25) is 0 Å². The fourth-order valence-corrected chi connectivity index (χ4v) is 2.82. The van der Waals surface area contributed by atoms with E-state index in [9.17, 15) is 4.79 Å². The minimum atomic E-state index is -0.117. The molecular weight excluding hydrogens is 326 g/mol. The summed E-state index contributed by atoms with van der Waals surface area (Å²) in [5.74, 6) is 0.329. The summed E-state index contributed by atoms with van der Waals surface area (Å²) in [7, 11) is 1.89.